The van der Waals surface area contributed by atoms with Gasteiger partial charge in [-0.3, -0.25) is 4.68 Å². The SMILES string of the molecule is Cc1nn(C)c(Cl)c1C(O)c1cc2ccccc2o1. The van der Waals surface area contributed by atoms with Crippen LogP contribution in [-0.2, 0) is 7.05 Å². The molecule has 0 aliphatic rings. The van der Waals surface area contributed by atoms with Crippen molar-refractivity contribution in [1.82, 2.24) is 9.78 Å². The predicted octanol–water partition coefficient (Wildman–Crippen LogP) is 3.21. The number of rotatable bonds is 2. The van der Waals surface area contributed by atoms with E-state index in [1.54, 1.807) is 7.05 Å². The summed E-state index contributed by atoms with van der Waals surface area (Å²) in [5, 5.41) is 16.0. The first-order valence-corrected chi connectivity index (χ1v) is 6.31. The molecule has 0 saturated heterocycles. The van der Waals surface area contributed by atoms with Gasteiger partial charge in [0.1, 0.15) is 22.6 Å². The number of aliphatic hydroxyl groups is 1. The Hall–Kier alpha value is -1.78. The van der Waals surface area contributed by atoms with Crippen molar-refractivity contribution in [3.63, 3.8) is 0 Å². The average Bonchev–Trinajstić information content (AvgIpc) is 2.91. The maximum absolute atomic E-state index is 10.4. The van der Waals surface area contributed by atoms with E-state index in [0.29, 0.717) is 22.2 Å². The van der Waals surface area contributed by atoms with E-state index < -0.39 is 6.10 Å². The molecule has 2 aromatic heterocycles. The Balaban J connectivity index is 2.10. The molecule has 0 spiro atoms. The molecule has 1 unspecified atom stereocenters. The Morgan fingerprint density at radius 1 is 1.37 bits per heavy atom. The molecule has 5 heteroatoms. The number of aryl methyl sites for hydroxylation is 2. The minimum absolute atomic E-state index is 0.422. The van der Waals surface area contributed by atoms with Crippen LogP contribution in [-0.4, -0.2) is 14.9 Å². The molecule has 0 amide bonds. The van der Waals surface area contributed by atoms with Gasteiger partial charge in [0.2, 0.25) is 0 Å². The summed E-state index contributed by atoms with van der Waals surface area (Å²) in [6.45, 7) is 1.81. The number of para-hydroxylation sites is 1. The molecule has 4 nitrogen and oxygen atoms in total. The van der Waals surface area contributed by atoms with E-state index in [1.807, 2.05) is 37.3 Å². The molecule has 2 heterocycles. The highest BCUT2D eigenvalue weighted by Gasteiger charge is 2.23. The summed E-state index contributed by atoms with van der Waals surface area (Å²) in [6, 6.07) is 9.44. The van der Waals surface area contributed by atoms with Crippen molar-refractivity contribution in [1.29, 1.82) is 0 Å². The zero-order chi connectivity index (χ0) is 13.6. The van der Waals surface area contributed by atoms with E-state index in [1.165, 1.54) is 4.68 Å². The second-order valence-corrected chi connectivity index (χ2v) is 4.86. The van der Waals surface area contributed by atoms with Crippen LogP contribution in [0.2, 0.25) is 5.15 Å². The van der Waals surface area contributed by atoms with Gasteiger partial charge >= 0.3 is 0 Å². The van der Waals surface area contributed by atoms with Crippen LogP contribution in [0.25, 0.3) is 11.0 Å². The molecule has 3 aromatic rings. The third-order valence-corrected chi connectivity index (χ3v) is 3.63. The molecule has 3 rings (SSSR count). The van der Waals surface area contributed by atoms with E-state index in [4.69, 9.17) is 16.0 Å². The number of furan rings is 1. The van der Waals surface area contributed by atoms with Crippen LogP contribution in [0.5, 0.6) is 0 Å². The molecule has 98 valence electrons. The second-order valence-electron chi connectivity index (χ2n) is 4.50. The van der Waals surface area contributed by atoms with Crippen molar-refractivity contribution >= 4 is 22.6 Å². The van der Waals surface area contributed by atoms with Gasteiger partial charge in [-0.1, -0.05) is 29.8 Å². The summed E-state index contributed by atoms with van der Waals surface area (Å²) in [5.41, 5.74) is 2.03. The summed E-state index contributed by atoms with van der Waals surface area (Å²) < 4.78 is 7.20. The first-order valence-electron chi connectivity index (χ1n) is 5.93. The van der Waals surface area contributed by atoms with Crippen molar-refractivity contribution < 1.29 is 9.52 Å². The standard InChI is InChI=1S/C14H13ClN2O2/c1-8-12(14(15)17(2)16-8)13(18)11-7-9-5-3-4-6-10(9)19-11/h3-7,13,18H,1-2H3. The minimum Gasteiger partial charge on any atom is -0.458 e. The quantitative estimate of drug-likeness (QED) is 0.782. The summed E-state index contributed by atoms with van der Waals surface area (Å²) in [5.74, 6) is 0.471. The number of benzene rings is 1. The lowest BCUT2D eigenvalue weighted by atomic mass is 10.1. The van der Waals surface area contributed by atoms with Gasteiger partial charge in [-0.25, -0.2) is 0 Å². The number of halogens is 1. The molecular weight excluding hydrogens is 264 g/mol. The topological polar surface area (TPSA) is 51.2 Å². The number of nitrogens with zero attached hydrogens (tertiary/aromatic N) is 2. The van der Waals surface area contributed by atoms with E-state index in [-0.39, 0.29) is 0 Å². The smallest absolute Gasteiger partial charge is 0.141 e. The second kappa shape index (κ2) is 4.40. The van der Waals surface area contributed by atoms with E-state index in [9.17, 15) is 5.11 Å². The largest absolute Gasteiger partial charge is 0.458 e. The first kappa shape index (κ1) is 12.3. The van der Waals surface area contributed by atoms with Gasteiger partial charge in [-0.2, -0.15) is 5.10 Å². The van der Waals surface area contributed by atoms with Crippen molar-refractivity contribution in [3.05, 3.63) is 52.5 Å². The Labute approximate surface area is 115 Å². The van der Waals surface area contributed by atoms with Gasteiger partial charge < -0.3 is 9.52 Å². The molecule has 19 heavy (non-hydrogen) atoms. The minimum atomic E-state index is -0.909. The predicted molar refractivity (Wildman–Crippen MR) is 73.2 cm³/mol. The number of hydrogen-bond acceptors (Lipinski definition) is 3. The van der Waals surface area contributed by atoms with Crippen LogP contribution < -0.4 is 0 Å². The molecule has 0 aliphatic heterocycles. The van der Waals surface area contributed by atoms with Crippen LogP contribution in [0.15, 0.2) is 34.7 Å². The van der Waals surface area contributed by atoms with E-state index in [2.05, 4.69) is 5.10 Å². The number of aliphatic hydroxyl groups excluding tert-OH is 1. The lowest BCUT2D eigenvalue weighted by molar-refractivity contribution is 0.191. The fraction of sp³-hybridized carbons (Fsp3) is 0.214. The first-order chi connectivity index (χ1) is 9.08. The molecule has 0 bridgehead atoms. The van der Waals surface area contributed by atoms with Crippen molar-refractivity contribution in [3.8, 4) is 0 Å². The van der Waals surface area contributed by atoms with Crippen molar-refractivity contribution in [2.24, 2.45) is 7.05 Å². The van der Waals surface area contributed by atoms with Gasteiger partial charge in [0, 0.05) is 18.0 Å². The van der Waals surface area contributed by atoms with Crippen LogP contribution in [0.1, 0.15) is 23.1 Å². The summed E-state index contributed by atoms with van der Waals surface area (Å²) in [6.07, 6.45) is -0.909. The zero-order valence-corrected chi connectivity index (χ0v) is 11.3. The van der Waals surface area contributed by atoms with Gasteiger partial charge in [0.25, 0.3) is 0 Å². The van der Waals surface area contributed by atoms with E-state index in [0.717, 1.165) is 11.0 Å². The zero-order valence-electron chi connectivity index (χ0n) is 10.6. The molecule has 0 aliphatic carbocycles. The van der Waals surface area contributed by atoms with E-state index >= 15 is 0 Å². The number of hydrogen-bond donors (Lipinski definition) is 1. The third kappa shape index (κ3) is 1.93. The lowest BCUT2D eigenvalue weighted by Crippen LogP contribution is -1.99. The molecule has 0 radical (unpaired) electrons. The lowest BCUT2D eigenvalue weighted by Gasteiger charge is -2.07. The Morgan fingerprint density at radius 2 is 2.11 bits per heavy atom. The highest BCUT2D eigenvalue weighted by Crippen LogP contribution is 2.33. The Bertz CT molecular complexity index is 712. The third-order valence-electron chi connectivity index (χ3n) is 3.18. The number of aromatic nitrogens is 2. The Kier molecular flexibility index (Phi) is 2.84. The highest BCUT2D eigenvalue weighted by atomic mass is 35.5. The highest BCUT2D eigenvalue weighted by molar-refractivity contribution is 6.30. The summed E-state index contributed by atoms with van der Waals surface area (Å²) in [4.78, 5) is 0. The van der Waals surface area contributed by atoms with Crippen LogP contribution >= 0.6 is 11.6 Å². The van der Waals surface area contributed by atoms with Crippen LogP contribution in [0.4, 0.5) is 0 Å². The molecule has 0 saturated carbocycles. The molecule has 0 fully saturated rings. The fourth-order valence-electron chi connectivity index (χ4n) is 2.24. The van der Waals surface area contributed by atoms with Crippen molar-refractivity contribution in [2.75, 3.05) is 0 Å². The van der Waals surface area contributed by atoms with Gasteiger partial charge in [0.05, 0.1) is 5.69 Å². The Morgan fingerprint density at radius 3 is 2.74 bits per heavy atom. The van der Waals surface area contributed by atoms with Crippen LogP contribution in [0.3, 0.4) is 0 Å². The molecule has 1 aromatic carbocycles. The fourth-order valence-corrected chi connectivity index (χ4v) is 2.51. The number of fused-ring (bicyclic) bond motifs is 1. The average molecular weight is 277 g/mol. The maximum atomic E-state index is 10.4. The van der Waals surface area contributed by atoms with Gasteiger partial charge in [-0.15, -0.1) is 0 Å². The molecular formula is C14H13ClN2O2. The van der Waals surface area contributed by atoms with Crippen molar-refractivity contribution in [2.45, 2.75) is 13.0 Å². The molecule has 1 N–H and O–H groups in total. The summed E-state index contributed by atoms with van der Waals surface area (Å²) in [7, 11) is 1.74. The van der Waals surface area contributed by atoms with Gasteiger partial charge in [0.15, 0.2) is 0 Å². The monoisotopic (exact) mass is 276 g/mol. The summed E-state index contributed by atoms with van der Waals surface area (Å²) >= 11 is 6.16. The maximum Gasteiger partial charge on any atom is 0.141 e. The molecule has 1 atom stereocenters. The van der Waals surface area contributed by atoms with Gasteiger partial charge in [-0.05, 0) is 19.1 Å². The normalized spacial score (nSPS) is 13.1. The van der Waals surface area contributed by atoms with Crippen LogP contribution in [0, 0.1) is 6.92 Å².